The van der Waals surface area contributed by atoms with Gasteiger partial charge in [-0.15, -0.1) is 0 Å². The zero-order valence-corrected chi connectivity index (χ0v) is 12.8. The lowest BCUT2D eigenvalue weighted by molar-refractivity contribution is 0.410. The zero-order chi connectivity index (χ0) is 16.4. The molecule has 2 aromatic rings. The van der Waals surface area contributed by atoms with Gasteiger partial charge in [-0.25, -0.2) is 9.79 Å². The minimum atomic E-state index is -0.601. The largest absolute Gasteiger partial charge is 0.494 e. The smallest absolute Gasteiger partial charge is 0.333 e. The summed E-state index contributed by atoms with van der Waals surface area (Å²) >= 11 is 0. The van der Waals surface area contributed by atoms with Gasteiger partial charge in [-0.05, 0) is 19.1 Å². The molecule has 1 aromatic heterocycles. The van der Waals surface area contributed by atoms with Gasteiger partial charge in [-0.3, -0.25) is 13.9 Å². The van der Waals surface area contributed by atoms with Gasteiger partial charge >= 0.3 is 5.69 Å². The highest BCUT2D eigenvalue weighted by atomic mass is 16.5. The second-order valence-corrected chi connectivity index (χ2v) is 4.77. The van der Waals surface area contributed by atoms with E-state index in [2.05, 4.69) is 4.99 Å². The molecule has 0 bridgehead atoms. The van der Waals surface area contributed by atoms with Crippen molar-refractivity contribution in [3.63, 3.8) is 0 Å². The van der Waals surface area contributed by atoms with Gasteiger partial charge in [-0.2, -0.15) is 0 Å². The molecule has 22 heavy (non-hydrogen) atoms. The van der Waals surface area contributed by atoms with E-state index in [1.54, 1.807) is 31.2 Å². The second-order valence-electron chi connectivity index (χ2n) is 4.77. The molecule has 0 spiro atoms. The van der Waals surface area contributed by atoms with Crippen LogP contribution in [0.2, 0.25) is 0 Å². The Hall–Kier alpha value is -2.83. The zero-order valence-electron chi connectivity index (χ0n) is 12.8. The summed E-state index contributed by atoms with van der Waals surface area (Å²) in [6.07, 6.45) is 0. The molecule has 1 aromatic carbocycles. The van der Waals surface area contributed by atoms with Crippen LogP contribution >= 0.6 is 0 Å². The van der Waals surface area contributed by atoms with Gasteiger partial charge in [0, 0.05) is 14.1 Å². The van der Waals surface area contributed by atoms with Gasteiger partial charge in [0.2, 0.25) is 5.88 Å². The van der Waals surface area contributed by atoms with Gasteiger partial charge in [0.05, 0.1) is 12.8 Å². The summed E-state index contributed by atoms with van der Waals surface area (Å²) < 4.78 is 7.13. The molecule has 0 saturated carbocycles. The molecule has 0 unspecified atom stereocenters. The first-order valence-electron chi connectivity index (χ1n) is 6.56. The van der Waals surface area contributed by atoms with Crippen molar-refractivity contribution in [1.29, 1.82) is 0 Å². The molecule has 0 aliphatic heterocycles. The van der Waals surface area contributed by atoms with Crippen LogP contribution in [0.3, 0.4) is 0 Å². The van der Waals surface area contributed by atoms with E-state index in [0.29, 0.717) is 17.1 Å². The number of ether oxygens (including phenoxy) is 1. The van der Waals surface area contributed by atoms with Gasteiger partial charge in [0.1, 0.15) is 17.0 Å². The Morgan fingerprint density at radius 2 is 1.82 bits per heavy atom. The third-order valence-corrected chi connectivity index (χ3v) is 3.37. The molecule has 1 heterocycles. The van der Waals surface area contributed by atoms with E-state index in [4.69, 9.17) is 4.74 Å². The molecule has 0 amide bonds. The van der Waals surface area contributed by atoms with E-state index in [1.807, 2.05) is 0 Å². The van der Waals surface area contributed by atoms with Crippen molar-refractivity contribution in [1.82, 2.24) is 9.13 Å². The molecule has 0 aliphatic carbocycles. The summed E-state index contributed by atoms with van der Waals surface area (Å²) in [5.41, 5.74) is -0.403. The average Bonchev–Trinajstić information content (AvgIpc) is 2.51. The number of aromatic nitrogens is 2. The first kappa shape index (κ1) is 15.6. The Labute approximate surface area is 126 Å². The van der Waals surface area contributed by atoms with Gasteiger partial charge in [-0.1, -0.05) is 12.1 Å². The molecule has 1 N–H and O–H groups in total. The van der Waals surface area contributed by atoms with Crippen LogP contribution in [0.1, 0.15) is 12.5 Å². The number of aromatic hydroxyl groups is 1. The molecule has 7 nitrogen and oxygen atoms in total. The predicted octanol–water partition coefficient (Wildman–Crippen LogP) is 0.939. The first-order valence-corrected chi connectivity index (χ1v) is 6.56. The first-order chi connectivity index (χ1) is 10.4. The van der Waals surface area contributed by atoms with Crippen molar-refractivity contribution >= 4 is 11.4 Å². The van der Waals surface area contributed by atoms with E-state index < -0.39 is 17.1 Å². The minimum absolute atomic E-state index is 0.0180. The van der Waals surface area contributed by atoms with Crippen molar-refractivity contribution in [3.8, 4) is 11.6 Å². The summed E-state index contributed by atoms with van der Waals surface area (Å²) in [5, 5.41) is 10.1. The van der Waals surface area contributed by atoms with Crippen LogP contribution in [0.15, 0.2) is 38.8 Å². The van der Waals surface area contributed by atoms with Crippen LogP contribution in [0, 0.1) is 0 Å². The molecule has 7 heteroatoms. The molecule has 0 fully saturated rings. The Balaban J connectivity index is 2.69. The Kier molecular flexibility index (Phi) is 4.16. The van der Waals surface area contributed by atoms with Crippen molar-refractivity contribution in [2.75, 3.05) is 7.11 Å². The van der Waals surface area contributed by atoms with E-state index in [-0.39, 0.29) is 5.56 Å². The highest BCUT2D eigenvalue weighted by molar-refractivity contribution is 6.02. The van der Waals surface area contributed by atoms with Crippen LogP contribution in [-0.2, 0) is 14.1 Å². The van der Waals surface area contributed by atoms with Crippen LogP contribution in [0.25, 0.3) is 0 Å². The van der Waals surface area contributed by atoms with Crippen molar-refractivity contribution in [2.24, 2.45) is 19.1 Å². The molecular formula is C15H17N3O4. The van der Waals surface area contributed by atoms with Crippen LogP contribution < -0.4 is 16.0 Å². The standard InChI is InChI=1S/C15H17N3O4/c1-9(16-10-7-5-6-8-11(10)22-4)12-13(19)17(2)15(21)18(3)14(12)20/h5-8,19H,1-4H3. The number of para-hydroxylation sites is 2. The summed E-state index contributed by atoms with van der Waals surface area (Å²) in [6, 6.07) is 7.06. The topological polar surface area (TPSA) is 85.8 Å². The number of hydrogen-bond acceptors (Lipinski definition) is 5. The monoisotopic (exact) mass is 303 g/mol. The molecule has 0 radical (unpaired) electrons. The summed E-state index contributed by atoms with van der Waals surface area (Å²) in [5.74, 6) is 0.132. The van der Waals surface area contributed by atoms with E-state index in [0.717, 1.165) is 9.13 Å². The third-order valence-electron chi connectivity index (χ3n) is 3.37. The maximum absolute atomic E-state index is 12.2. The van der Waals surface area contributed by atoms with Gasteiger partial charge < -0.3 is 9.84 Å². The number of nitrogens with zero attached hydrogens (tertiary/aromatic N) is 3. The highest BCUT2D eigenvalue weighted by Gasteiger charge is 2.17. The fraction of sp³-hybridized carbons (Fsp3) is 0.267. The lowest BCUT2D eigenvalue weighted by Gasteiger charge is -2.10. The normalized spacial score (nSPS) is 11.5. The Morgan fingerprint density at radius 1 is 1.18 bits per heavy atom. The average molecular weight is 303 g/mol. The van der Waals surface area contributed by atoms with E-state index in [9.17, 15) is 14.7 Å². The van der Waals surface area contributed by atoms with Crippen molar-refractivity contribution in [2.45, 2.75) is 6.92 Å². The molecular weight excluding hydrogens is 286 g/mol. The fourth-order valence-corrected chi connectivity index (χ4v) is 2.11. The summed E-state index contributed by atoms with van der Waals surface area (Å²) in [6.45, 7) is 1.59. The van der Waals surface area contributed by atoms with Gasteiger partial charge in [0.25, 0.3) is 5.56 Å². The quantitative estimate of drug-likeness (QED) is 0.855. The molecule has 0 aliphatic rings. The van der Waals surface area contributed by atoms with Crippen molar-refractivity contribution < 1.29 is 9.84 Å². The SMILES string of the molecule is COc1ccccc1N=C(C)c1c(O)n(C)c(=O)n(C)c1=O. The predicted molar refractivity (Wildman–Crippen MR) is 83.5 cm³/mol. The van der Waals surface area contributed by atoms with Crippen LogP contribution in [0.4, 0.5) is 5.69 Å². The van der Waals surface area contributed by atoms with Crippen molar-refractivity contribution in [3.05, 3.63) is 50.7 Å². The van der Waals surface area contributed by atoms with E-state index in [1.165, 1.54) is 21.2 Å². The lowest BCUT2D eigenvalue weighted by atomic mass is 10.2. The highest BCUT2D eigenvalue weighted by Crippen LogP contribution is 2.27. The third kappa shape index (κ3) is 2.52. The Bertz CT molecular complexity index is 862. The lowest BCUT2D eigenvalue weighted by Crippen LogP contribution is -2.39. The van der Waals surface area contributed by atoms with Crippen LogP contribution in [-0.4, -0.2) is 27.1 Å². The number of benzene rings is 1. The fourth-order valence-electron chi connectivity index (χ4n) is 2.11. The molecule has 116 valence electrons. The number of methoxy groups -OCH3 is 1. The van der Waals surface area contributed by atoms with Crippen LogP contribution in [0.5, 0.6) is 11.6 Å². The Morgan fingerprint density at radius 3 is 2.45 bits per heavy atom. The molecule has 0 saturated heterocycles. The molecule has 0 atom stereocenters. The number of rotatable bonds is 3. The van der Waals surface area contributed by atoms with Gasteiger partial charge in [0.15, 0.2) is 0 Å². The van der Waals surface area contributed by atoms with E-state index >= 15 is 0 Å². The maximum Gasteiger partial charge on any atom is 0.333 e. The number of hydrogen-bond donors (Lipinski definition) is 1. The summed E-state index contributed by atoms with van der Waals surface area (Å²) in [7, 11) is 4.26. The minimum Gasteiger partial charge on any atom is -0.494 e. The second kappa shape index (κ2) is 5.88. The summed E-state index contributed by atoms with van der Waals surface area (Å²) in [4.78, 5) is 28.3. The molecule has 2 rings (SSSR count). The maximum atomic E-state index is 12.2. The number of aliphatic imine (C=N–C) groups is 1.